The summed E-state index contributed by atoms with van der Waals surface area (Å²) >= 11 is 0. The SMILES string of the molecule is CCCN1CCN(C(=O)CCCC(C)C)CC1. The highest BCUT2D eigenvalue weighted by Crippen LogP contribution is 2.10. The molecule has 1 heterocycles. The number of rotatable bonds is 6. The minimum atomic E-state index is 0.363. The normalized spacial score (nSPS) is 17.8. The van der Waals surface area contributed by atoms with Gasteiger partial charge in [0.05, 0.1) is 0 Å². The number of nitrogens with zero attached hydrogens (tertiary/aromatic N) is 2. The van der Waals surface area contributed by atoms with Gasteiger partial charge in [0.2, 0.25) is 5.91 Å². The first kappa shape index (κ1) is 14.5. The number of carbonyl (C=O) groups excluding carboxylic acids is 1. The summed E-state index contributed by atoms with van der Waals surface area (Å²) in [6, 6.07) is 0. The quantitative estimate of drug-likeness (QED) is 0.711. The lowest BCUT2D eigenvalue weighted by molar-refractivity contribution is -0.133. The van der Waals surface area contributed by atoms with Gasteiger partial charge in [-0.3, -0.25) is 9.69 Å². The molecule has 0 aromatic rings. The van der Waals surface area contributed by atoms with Crippen molar-refractivity contribution in [3.05, 3.63) is 0 Å². The molecule has 1 amide bonds. The van der Waals surface area contributed by atoms with Crippen LogP contribution in [0.2, 0.25) is 0 Å². The Morgan fingerprint density at radius 2 is 1.82 bits per heavy atom. The van der Waals surface area contributed by atoms with Gasteiger partial charge in [-0.2, -0.15) is 0 Å². The fourth-order valence-corrected chi connectivity index (χ4v) is 2.36. The summed E-state index contributed by atoms with van der Waals surface area (Å²) in [5.74, 6) is 1.08. The summed E-state index contributed by atoms with van der Waals surface area (Å²) in [5.41, 5.74) is 0. The molecule has 0 radical (unpaired) electrons. The highest BCUT2D eigenvalue weighted by molar-refractivity contribution is 5.76. The van der Waals surface area contributed by atoms with Gasteiger partial charge in [0.1, 0.15) is 0 Å². The van der Waals surface area contributed by atoms with Crippen LogP contribution in [-0.2, 0) is 4.79 Å². The van der Waals surface area contributed by atoms with Crippen molar-refractivity contribution in [2.24, 2.45) is 5.92 Å². The lowest BCUT2D eigenvalue weighted by Crippen LogP contribution is -2.48. The van der Waals surface area contributed by atoms with E-state index >= 15 is 0 Å². The second-order valence-corrected chi connectivity index (χ2v) is 5.51. The van der Waals surface area contributed by atoms with Gasteiger partial charge < -0.3 is 4.90 Å². The maximum Gasteiger partial charge on any atom is 0.222 e. The molecule has 1 aliphatic heterocycles. The third kappa shape index (κ3) is 5.53. The summed E-state index contributed by atoms with van der Waals surface area (Å²) < 4.78 is 0. The van der Waals surface area contributed by atoms with Gasteiger partial charge in [0.25, 0.3) is 0 Å². The molecule has 3 nitrogen and oxygen atoms in total. The van der Waals surface area contributed by atoms with Crippen LogP contribution in [0.5, 0.6) is 0 Å². The molecule has 0 aliphatic carbocycles. The molecule has 3 heteroatoms. The number of piperazine rings is 1. The summed E-state index contributed by atoms with van der Waals surface area (Å²) in [6.45, 7) is 11.8. The van der Waals surface area contributed by atoms with Gasteiger partial charge in [0, 0.05) is 32.6 Å². The van der Waals surface area contributed by atoms with Crippen molar-refractivity contribution in [1.29, 1.82) is 0 Å². The van der Waals surface area contributed by atoms with E-state index in [1.165, 1.54) is 19.4 Å². The zero-order chi connectivity index (χ0) is 12.7. The smallest absolute Gasteiger partial charge is 0.222 e. The average Bonchev–Trinajstić information content (AvgIpc) is 2.30. The fourth-order valence-electron chi connectivity index (χ4n) is 2.36. The molecule has 0 saturated carbocycles. The van der Waals surface area contributed by atoms with Crippen LogP contribution in [0.3, 0.4) is 0 Å². The van der Waals surface area contributed by atoms with Gasteiger partial charge in [-0.25, -0.2) is 0 Å². The van der Waals surface area contributed by atoms with Crippen molar-refractivity contribution < 1.29 is 4.79 Å². The fraction of sp³-hybridized carbons (Fsp3) is 0.929. The summed E-state index contributed by atoms with van der Waals surface area (Å²) in [5, 5.41) is 0. The van der Waals surface area contributed by atoms with E-state index in [1.807, 2.05) is 4.90 Å². The molecule has 1 saturated heterocycles. The van der Waals surface area contributed by atoms with Gasteiger partial charge in [-0.1, -0.05) is 27.2 Å². The molecule has 0 unspecified atom stereocenters. The standard InChI is InChI=1S/C14H28N2O/c1-4-8-15-9-11-16(12-10-15)14(17)7-5-6-13(2)3/h13H,4-12H2,1-3H3. The molecule has 1 aliphatic rings. The Morgan fingerprint density at radius 1 is 1.18 bits per heavy atom. The molecule has 0 N–H and O–H groups in total. The van der Waals surface area contributed by atoms with Crippen LogP contribution in [0.25, 0.3) is 0 Å². The Morgan fingerprint density at radius 3 is 2.35 bits per heavy atom. The molecule has 0 aromatic heterocycles. The molecule has 0 bridgehead atoms. The third-order valence-electron chi connectivity index (χ3n) is 3.44. The molecule has 100 valence electrons. The van der Waals surface area contributed by atoms with Crippen LogP contribution in [-0.4, -0.2) is 48.4 Å². The first-order valence-corrected chi connectivity index (χ1v) is 7.13. The van der Waals surface area contributed by atoms with Crippen LogP contribution >= 0.6 is 0 Å². The highest BCUT2D eigenvalue weighted by atomic mass is 16.2. The zero-order valence-electron chi connectivity index (χ0n) is 11.7. The number of carbonyl (C=O) groups is 1. The van der Waals surface area contributed by atoms with Crippen LogP contribution in [0.4, 0.5) is 0 Å². The minimum Gasteiger partial charge on any atom is -0.340 e. The summed E-state index contributed by atoms with van der Waals surface area (Å²) in [4.78, 5) is 16.5. The molecule has 1 rings (SSSR count). The van der Waals surface area contributed by atoms with Crippen molar-refractivity contribution in [3.63, 3.8) is 0 Å². The van der Waals surface area contributed by atoms with E-state index in [0.717, 1.165) is 39.0 Å². The zero-order valence-corrected chi connectivity index (χ0v) is 11.7. The van der Waals surface area contributed by atoms with E-state index in [4.69, 9.17) is 0 Å². The monoisotopic (exact) mass is 240 g/mol. The highest BCUT2D eigenvalue weighted by Gasteiger charge is 2.19. The summed E-state index contributed by atoms with van der Waals surface area (Å²) in [6.07, 6.45) is 4.17. The minimum absolute atomic E-state index is 0.363. The first-order valence-electron chi connectivity index (χ1n) is 7.13. The summed E-state index contributed by atoms with van der Waals surface area (Å²) in [7, 11) is 0. The molecule has 0 atom stereocenters. The lowest BCUT2D eigenvalue weighted by atomic mass is 10.1. The molecular weight excluding hydrogens is 212 g/mol. The number of hydrogen-bond donors (Lipinski definition) is 0. The Hall–Kier alpha value is -0.570. The number of hydrogen-bond acceptors (Lipinski definition) is 2. The van der Waals surface area contributed by atoms with Crippen molar-refractivity contribution in [1.82, 2.24) is 9.80 Å². The van der Waals surface area contributed by atoms with Crippen molar-refractivity contribution in [2.75, 3.05) is 32.7 Å². The molecule has 0 spiro atoms. The largest absolute Gasteiger partial charge is 0.340 e. The Labute approximate surface area is 106 Å². The lowest BCUT2D eigenvalue weighted by Gasteiger charge is -2.34. The molecule has 0 aromatic carbocycles. The van der Waals surface area contributed by atoms with Gasteiger partial charge in [-0.15, -0.1) is 0 Å². The Balaban J connectivity index is 2.17. The first-order chi connectivity index (χ1) is 8.13. The predicted octanol–water partition coefficient (Wildman–Crippen LogP) is 2.37. The third-order valence-corrected chi connectivity index (χ3v) is 3.44. The van der Waals surface area contributed by atoms with Crippen LogP contribution in [0, 0.1) is 5.92 Å². The van der Waals surface area contributed by atoms with Crippen molar-refractivity contribution in [3.8, 4) is 0 Å². The van der Waals surface area contributed by atoms with E-state index in [-0.39, 0.29) is 0 Å². The van der Waals surface area contributed by atoms with E-state index in [0.29, 0.717) is 11.8 Å². The van der Waals surface area contributed by atoms with Crippen LogP contribution in [0.15, 0.2) is 0 Å². The van der Waals surface area contributed by atoms with Gasteiger partial charge >= 0.3 is 0 Å². The molecule has 17 heavy (non-hydrogen) atoms. The maximum atomic E-state index is 12.0. The molecular formula is C14H28N2O. The van der Waals surface area contributed by atoms with E-state index in [9.17, 15) is 4.79 Å². The Kier molecular flexibility index (Phi) is 6.56. The second-order valence-electron chi connectivity index (χ2n) is 5.51. The van der Waals surface area contributed by atoms with Gasteiger partial charge in [-0.05, 0) is 25.3 Å². The number of amides is 1. The second kappa shape index (κ2) is 7.70. The predicted molar refractivity (Wildman–Crippen MR) is 72.0 cm³/mol. The van der Waals surface area contributed by atoms with Gasteiger partial charge in [0.15, 0.2) is 0 Å². The maximum absolute atomic E-state index is 12.0. The topological polar surface area (TPSA) is 23.6 Å². The van der Waals surface area contributed by atoms with E-state index < -0.39 is 0 Å². The molecule has 1 fully saturated rings. The van der Waals surface area contributed by atoms with Crippen LogP contribution < -0.4 is 0 Å². The Bertz CT molecular complexity index is 220. The van der Waals surface area contributed by atoms with E-state index in [1.54, 1.807) is 0 Å². The average molecular weight is 240 g/mol. The van der Waals surface area contributed by atoms with E-state index in [2.05, 4.69) is 25.7 Å². The van der Waals surface area contributed by atoms with Crippen molar-refractivity contribution in [2.45, 2.75) is 46.5 Å². The van der Waals surface area contributed by atoms with Crippen molar-refractivity contribution >= 4 is 5.91 Å². The van der Waals surface area contributed by atoms with Crippen LogP contribution in [0.1, 0.15) is 46.5 Å².